The van der Waals surface area contributed by atoms with Gasteiger partial charge < -0.3 is 5.11 Å². The fraction of sp³-hybridized carbons (Fsp3) is 0.800. The van der Waals surface area contributed by atoms with Crippen LogP contribution in [0.15, 0.2) is 11.6 Å². The Kier molecular flexibility index (Phi) is 5.22. The summed E-state index contributed by atoms with van der Waals surface area (Å²) in [5.41, 5.74) is 1.37. The van der Waals surface area contributed by atoms with Crippen LogP contribution < -0.4 is 0 Å². The Hall–Kier alpha value is -0.300. The van der Waals surface area contributed by atoms with Crippen LogP contribution in [-0.4, -0.2) is 11.2 Å². The maximum absolute atomic E-state index is 9.44. The lowest BCUT2D eigenvalue weighted by atomic mass is 10.00. The van der Waals surface area contributed by atoms with E-state index in [1.54, 1.807) is 0 Å². The molecule has 0 amide bonds. The van der Waals surface area contributed by atoms with Gasteiger partial charge in [-0.05, 0) is 32.6 Å². The smallest absolute Gasteiger partial charge is 0.0566 e. The summed E-state index contributed by atoms with van der Waals surface area (Å²) in [6.07, 6.45) is 3.89. The fourth-order valence-corrected chi connectivity index (χ4v) is 0.853. The molecule has 0 aromatic carbocycles. The molecule has 0 aromatic heterocycles. The van der Waals surface area contributed by atoms with Crippen molar-refractivity contribution in [2.75, 3.05) is 0 Å². The average molecular weight is 156 g/mol. The Morgan fingerprint density at radius 1 is 1.45 bits per heavy atom. The van der Waals surface area contributed by atoms with Crippen LogP contribution in [0, 0.1) is 5.92 Å². The van der Waals surface area contributed by atoms with E-state index in [0.717, 1.165) is 12.8 Å². The van der Waals surface area contributed by atoms with Crippen molar-refractivity contribution < 1.29 is 5.11 Å². The van der Waals surface area contributed by atoms with E-state index in [1.807, 2.05) is 6.92 Å². The molecule has 0 aromatic rings. The zero-order valence-corrected chi connectivity index (χ0v) is 8.09. The third-order valence-corrected chi connectivity index (χ3v) is 2.10. The second-order valence-corrected chi connectivity index (χ2v) is 3.49. The van der Waals surface area contributed by atoms with Gasteiger partial charge in [-0.15, -0.1) is 0 Å². The molecule has 1 atom stereocenters. The first-order chi connectivity index (χ1) is 5.07. The van der Waals surface area contributed by atoms with Gasteiger partial charge in [0, 0.05) is 0 Å². The van der Waals surface area contributed by atoms with Crippen LogP contribution in [0.2, 0.25) is 0 Å². The third kappa shape index (κ3) is 5.02. The number of allylic oxidation sites excluding steroid dienone is 2. The predicted molar refractivity (Wildman–Crippen MR) is 49.5 cm³/mol. The molecule has 0 rings (SSSR count). The SMILES string of the molecule is CC=C(C)CCC(O)C(C)C. The van der Waals surface area contributed by atoms with E-state index >= 15 is 0 Å². The van der Waals surface area contributed by atoms with Gasteiger partial charge in [-0.3, -0.25) is 0 Å². The Morgan fingerprint density at radius 3 is 2.36 bits per heavy atom. The minimum Gasteiger partial charge on any atom is -0.393 e. The van der Waals surface area contributed by atoms with Gasteiger partial charge in [0.1, 0.15) is 0 Å². The lowest BCUT2D eigenvalue weighted by Gasteiger charge is -2.13. The highest BCUT2D eigenvalue weighted by molar-refractivity contribution is 4.95. The molecular formula is C10H20O. The van der Waals surface area contributed by atoms with Gasteiger partial charge >= 0.3 is 0 Å². The molecule has 0 aliphatic carbocycles. The van der Waals surface area contributed by atoms with Crippen molar-refractivity contribution in [1.29, 1.82) is 0 Å². The third-order valence-electron chi connectivity index (χ3n) is 2.10. The van der Waals surface area contributed by atoms with Crippen molar-refractivity contribution in [3.8, 4) is 0 Å². The highest BCUT2D eigenvalue weighted by Crippen LogP contribution is 2.12. The normalized spacial score (nSPS) is 15.6. The first-order valence-electron chi connectivity index (χ1n) is 4.37. The number of hydrogen-bond donors (Lipinski definition) is 1. The second kappa shape index (κ2) is 5.36. The van der Waals surface area contributed by atoms with Gasteiger partial charge in [0.25, 0.3) is 0 Å². The molecule has 1 nitrogen and oxygen atoms in total. The molecule has 1 heteroatoms. The quantitative estimate of drug-likeness (QED) is 0.620. The molecule has 0 radical (unpaired) electrons. The molecule has 11 heavy (non-hydrogen) atoms. The highest BCUT2D eigenvalue weighted by atomic mass is 16.3. The van der Waals surface area contributed by atoms with Crippen molar-refractivity contribution in [2.24, 2.45) is 5.92 Å². The van der Waals surface area contributed by atoms with E-state index in [-0.39, 0.29) is 6.10 Å². The maximum atomic E-state index is 9.44. The molecule has 0 fully saturated rings. The van der Waals surface area contributed by atoms with Crippen LogP contribution in [-0.2, 0) is 0 Å². The van der Waals surface area contributed by atoms with Crippen LogP contribution in [0.5, 0.6) is 0 Å². The Morgan fingerprint density at radius 2 is 2.00 bits per heavy atom. The zero-order valence-electron chi connectivity index (χ0n) is 8.09. The summed E-state index contributed by atoms with van der Waals surface area (Å²) in [4.78, 5) is 0. The number of aliphatic hydroxyl groups is 1. The molecule has 1 N–H and O–H groups in total. The highest BCUT2D eigenvalue weighted by Gasteiger charge is 2.07. The second-order valence-electron chi connectivity index (χ2n) is 3.49. The van der Waals surface area contributed by atoms with Crippen LogP contribution in [0.1, 0.15) is 40.5 Å². The minimum absolute atomic E-state index is 0.134. The van der Waals surface area contributed by atoms with Gasteiger partial charge in [0.15, 0.2) is 0 Å². The van der Waals surface area contributed by atoms with Gasteiger partial charge in [-0.1, -0.05) is 25.5 Å². The largest absolute Gasteiger partial charge is 0.393 e. The topological polar surface area (TPSA) is 20.2 Å². The predicted octanol–water partition coefficient (Wildman–Crippen LogP) is 2.75. The monoisotopic (exact) mass is 156 g/mol. The molecule has 0 spiro atoms. The van der Waals surface area contributed by atoms with Gasteiger partial charge in [0.05, 0.1) is 6.10 Å². The molecule has 0 saturated carbocycles. The van der Waals surface area contributed by atoms with Gasteiger partial charge in [-0.25, -0.2) is 0 Å². The Labute approximate surface area is 70.1 Å². The summed E-state index contributed by atoms with van der Waals surface area (Å²) >= 11 is 0. The Bertz CT molecular complexity index is 125. The molecule has 1 unspecified atom stereocenters. The summed E-state index contributed by atoms with van der Waals surface area (Å²) in [6, 6.07) is 0. The summed E-state index contributed by atoms with van der Waals surface area (Å²) in [7, 11) is 0. The standard InChI is InChI=1S/C10H20O/c1-5-9(4)6-7-10(11)8(2)3/h5,8,10-11H,6-7H2,1-4H3. The summed E-state index contributed by atoms with van der Waals surface area (Å²) in [6.45, 7) is 8.25. The van der Waals surface area contributed by atoms with E-state index in [9.17, 15) is 5.11 Å². The van der Waals surface area contributed by atoms with Gasteiger partial charge in [-0.2, -0.15) is 0 Å². The summed E-state index contributed by atoms with van der Waals surface area (Å²) in [5, 5.41) is 9.44. The number of aliphatic hydroxyl groups excluding tert-OH is 1. The Balaban J connectivity index is 3.54. The van der Waals surface area contributed by atoms with E-state index in [4.69, 9.17) is 0 Å². The van der Waals surface area contributed by atoms with E-state index < -0.39 is 0 Å². The minimum atomic E-state index is -0.134. The van der Waals surface area contributed by atoms with Crippen molar-refractivity contribution in [3.63, 3.8) is 0 Å². The molecule has 0 aliphatic rings. The molecule has 0 aliphatic heterocycles. The van der Waals surface area contributed by atoms with Crippen LogP contribution in [0.4, 0.5) is 0 Å². The molecule has 0 heterocycles. The van der Waals surface area contributed by atoms with Crippen molar-refractivity contribution in [2.45, 2.75) is 46.6 Å². The number of rotatable bonds is 4. The molecular weight excluding hydrogens is 136 g/mol. The van der Waals surface area contributed by atoms with E-state index in [0.29, 0.717) is 5.92 Å². The first-order valence-corrected chi connectivity index (χ1v) is 4.37. The maximum Gasteiger partial charge on any atom is 0.0566 e. The zero-order chi connectivity index (χ0) is 8.85. The van der Waals surface area contributed by atoms with E-state index in [2.05, 4.69) is 26.8 Å². The lowest BCUT2D eigenvalue weighted by Crippen LogP contribution is -2.14. The van der Waals surface area contributed by atoms with Crippen molar-refractivity contribution in [1.82, 2.24) is 0 Å². The molecule has 0 saturated heterocycles. The van der Waals surface area contributed by atoms with Gasteiger partial charge in [0.2, 0.25) is 0 Å². The molecule has 0 bridgehead atoms. The lowest BCUT2D eigenvalue weighted by molar-refractivity contribution is 0.116. The first kappa shape index (κ1) is 10.7. The summed E-state index contributed by atoms with van der Waals surface area (Å²) < 4.78 is 0. The average Bonchev–Trinajstić information content (AvgIpc) is 1.99. The van der Waals surface area contributed by atoms with Crippen molar-refractivity contribution >= 4 is 0 Å². The van der Waals surface area contributed by atoms with Crippen molar-refractivity contribution in [3.05, 3.63) is 11.6 Å². The fourth-order valence-electron chi connectivity index (χ4n) is 0.853. The van der Waals surface area contributed by atoms with Crippen LogP contribution in [0.25, 0.3) is 0 Å². The molecule has 66 valence electrons. The summed E-state index contributed by atoms with van der Waals surface area (Å²) in [5.74, 6) is 0.389. The van der Waals surface area contributed by atoms with Crippen LogP contribution in [0.3, 0.4) is 0 Å². The van der Waals surface area contributed by atoms with Crippen LogP contribution >= 0.6 is 0 Å². The van der Waals surface area contributed by atoms with E-state index in [1.165, 1.54) is 5.57 Å². The number of hydrogen-bond acceptors (Lipinski definition) is 1.